The van der Waals surface area contributed by atoms with Crippen LogP contribution in [-0.2, 0) is 4.74 Å². The van der Waals surface area contributed by atoms with Gasteiger partial charge in [-0.15, -0.1) is 0 Å². The molecule has 0 radical (unpaired) electrons. The van der Waals surface area contributed by atoms with E-state index in [0.717, 1.165) is 6.42 Å². The van der Waals surface area contributed by atoms with Crippen molar-refractivity contribution < 1.29 is 9.53 Å². The van der Waals surface area contributed by atoms with Crippen LogP contribution in [0.3, 0.4) is 0 Å². The monoisotopic (exact) mass is 243 g/mol. The van der Waals surface area contributed by atoms with E-state index in [-0.39, 0.29) is 5.91 Å². The fourth-order valence-electron chi connectivity index (χ4n) is 1.34. The number of ether oxygens (including phenoxy) is 1. The first-order valence-corrected chi connectivity index (χ1v) is 5.85. The minimum Gasteiger partial charge on any atom is -0.385 e. The molecule has 0 unspecified atom stereocenters. The van der Waals surface area contributed by atoms with E-state index >= 15 is 0 Å². The fourth-order valence-corrected chi connectivity index (χ4v) is 2.16. The van der Waals surface area contributed by atoms with E-state index in [1.807, 2.05) is 0 Å². The molecule has 6 heteroatoms. The van der Waals surface area contributed by atoms with Crippen LogP contribution in [0, 0.1) is 6.92 Å². The number of hydrogen-bond acceptors (Lipinski definition) is 5. The number of nitrogens with zero attached hydrogens (tertiary/aromatic N) is 2. The van der Waals surface area contributed by atoms with Crippen LogP contribution < -0.4 is 5.73 Å². The van der Waals surface area contributed by atoms with Crippen molar-refractivity contribution >= 4 is 22.4 Å². The molecular weight excluding hydrogens is 226 g/mol. The molecule has 0 aromatic carbocycles. The Hall–Kier alpha value is -1.14. The number of amides is 1. The van der Waals surface area contributed by atoms with Gasteiger partial charge in [-0.25, -0.2) is 4.98 Å². The molecule has 0 atom stereocenters. The maximum absolute atomic E-state index is 12.0. The van der Waals surface area contributed by atoms with Crippen LogP contribution >= 0.6 is 11.3 Å². The number of methoxy groups -OCH3 is 1. The fraction of sp³-hybridized carbons (Fsp3) is 0.600. The van der Waals surface area contributed by atoms with Crippen molar-refractivity contribution in [3.8, 4) is 0 Å². The van der Waals surface area contributed by atoms with Crippen LogP contribution in [0.25, 0.3) is 0 Å². The van der Waals surface area contributed by atoms with Gasteiger partial charge in [-0.05, 0) is 13.3 Å². The van der Waals surface area contributed by atoms with E-state index < -0.39 is 0 Å². The summed E-state index contributed by atoms with van der Waals surface area (Å²) in [5.74, 6) is -0.0252. The van der Waals surface area contributed by atoms with Gasteiger partial charge in [0.25, 0.3) is 5.91 Å². The summed E-state index contributed by atoms with van der Waals surface area (Å²) < 4.78 is 4.94. The van der Waals surface area contributed by atoms with Crippen molar-refractivity contribution in [1.29, 1.82) is 0 Å². The van der Waals surface area contributed by atoms with Crippen LogP contribution in [0.4, 0.5) is 5.13 Å². The number of aryl methyl sites for hydroxylation is 1. The van der Waals surface area contributed by atoms with Gasteiger partial charge in [0.05, 0.1) is 5.69 Å². The average molecular weight is 243 g/mol. The van der Waals surface area contributed by atoms with Crippen molar-refractivity contribution in [2.75, 3.05) is 33.0 Å². The molecule has 0 saturated heterocycles. The Kier molecular flexibility index (Phi) is 4.70. The maximum Gasteiger partial charge on any atom is 0.265 e. The number of hydrogen-bond donors (Lipinski definition) is 1. The van der Waals surface area contributed by atoms with Gasteiger partial charge in [-0.3, -0.25) is 4.79 Å². The van der Waals surface area contributed by atoms with Crippen molar-refractivity contribution in [1.82, 2.24) is 9.88 Å². The second-order valence-corrected chi connectivity index (χ2v) is 4.57. The molecule has 90 valence electrons. The molecule has 1 rings (SSSR count). The molecule has 0 spiro atoms. The lowest BCUT2D eigenvalue weighted by molar-refractivity contribution is 0.0783. The Morgan fingerprint density at radius 2 is 2.31 bits per heavy atom. The molecule has 16 heavy (non-hydrogen) atoms. The van der Waals surface area contributed by atoms with Crippen LogP contribution in [0.2, 0.25) is 0 Å². The molecular formula is C10H17N3O2S. The number of anilines is 1. The zero-order valence-electron chi connectivity index (χ0n) is 9.82. The molecule has 0 aliphatic rings. The molecule has 2 N–H and O–H groups in total. The zero-order valence-corrected chi connectivity index (χ0v) is 10.6. The molecule has 1 amide bonds. The summed E-state index contributed by atoms with van der Waals surface area (Å²) >= 11 is 1.23. The van der Waals surface area contributed by atoms with Gasteiger partial charge in [-0.1, -0.05) is 11.3 Å². The summed E-state index contributed by atoms with van der Waals surface area (Å²) in [5.41, 5.74) is 6.26. The van der Waals surface area contributed by atoms with Crippen molar-refractivity contribution in [2.24, 2.45) is 0 Å². The lowest BCUT2D eigenvalue weighted by atomic mass is 10.3. The second kappa shape index (κ2) is 5.81. The van der Waals surface area contributed by atoms with E-state index in [1.54, 1.807) is 26.0 Å². The standard InChI is InChI=1S/C10H17N3O2S/c1-7-8(16-10(11)12-7)9(14)13(2)5-4-6-15-3/h4-6H2,1-3H3,(H2,11,12). The van der Waals surface area contributed by atoms with Gasteiger partial charge >= 0.3 is 0 Å². The van der Waals surface area contributed by atoms with Crippen LogP contribution in [0.5, 0.6) is 0 Å². The third-order valence-corrected chi connectivity index (χ3v) is 3.17. The SMILES string of the molecule is COCCCN(C)C(=O)c1sc(N)nc1C. The highest BCUT2D eigenvalue weighted by Crippen LogP contribution is 2.20. The van der Waals surface area contributed by atoms with E-state index in [1.165, 1.54) is 11.3 Å². The Balaban J connectivity index is 2.60. The predicted molar refractivity (Wildman–Crippen MR) is 64.7 cm³/mol. The smallest absolute Gasteiger partial charge is 0.265 e. The summed E-state index contributed by atoms with van der Waals surface area (Å²) in [6, 6.07) is 0. The van der Waals surface area contributed by atoms with E-state index in [9.17, 15) is 4.79 Å². The van der Waals surface area contributed by atoms with E-state index in [0.29, 0.717) is 28.9 Å². The second-order valence-electron chi connectivity index (χ2n) is 3.54. The van der Waals surface area contributed by atoms with Gasteiger partial charge in [0, 0.05) is 27.3 Å². The summed E-state index contributed by atoms with van der Waals surface area (Å²) in [5, 5.41) is 0.436. The maximum atomic E-state index is 12.0. The molecule has 1 aromatic heterocycles. The van der Waals surface area contributed by atoms with E-state index in [2.05, 4.69) is 4.98 Å². The molecule has 0 aliphatic carbocycles. The minimum absolute atomic E-state index is 0.0252. The average Bonchev–Trinajstić information content (AvgIpc) is 2.57. The summed E-state index contributed by atoms with van der Waals surface area (Å²) in [4.78, 5) is 18.3. The van der Waals surface area contributed by atoms with Gasteiger partial charge in [0.15, 0.2) is 5.13 Å². The number of aromatic nitrogens is 1. The third-order valence-electron chi connectivity index (χ3n) is 2.20. The van der Waals surface area contributed by atoms with Crippen LogP contribution in [0.1, 0.15) is 21.8 Å². The van der Waals surface area contributed by atoms with Gasteiger partial charge in [0.2, 0.25) is 0 Å². The number of thiazole rings is 1. The Labute approximate surface area is 99.2 Å². The number of carbonyl (C=O) groups excluding carboxylic acids is 1. The minimum atomic E-state index is -0.0252. The Morgan fingerprint density at radius 1 is 1.62 bits per heavy atom. The lowest BCUT2D eigenvalue weighted by Gasteiger charge is -2.15. The topological polar surface area (TPSA) is 68.5 Å². The zero-order chi connectivity index (χ0) is 12.1. The van der Waals surface area contributed by atoms with Gasteiger partial charge < -0.3 is 15.4 Å². The molecule has 0 saturated carbocycles. The first-order valence-electron chi connectivity index (χ1n) is 5.03. The number of nitrogens with two attached hydrogens (primary N) is 1. The first-order chi connectivity index (χ1) is 7.56. The van der Waals surface area contributed by atoms with Crippen molar-refractivity contribution in [3.05, 3.63) is 10.6 Å². The quantitative estimate of drug-likeness (QED) is 0.787. The van der Waals surface area contributed by atoms with Crippen molar-refractivity contribution in [2.45, 2.75) is 13.3 Å². The highest BCUT2D eigenvalue weighted by molar-refractivity contribution is 7.17. The lowest BCUT2D eigenvalue weighted by Crippen LogP contribution is -2.28. The number of nitrogen functional groups attached to an aromatic ring is 1. The normalized spacial score (nSPS) is 10.4. The highest BCUT2D eigenvalue weighted by Gasteiger charge is 2.17. The molecule has 0 aliphatic heterocycles. The number of rotatable bonds is 5. The van der Waals surface area contributed by atoms with Crippen LogP contribution in [0.15, 0.2) is 0 Å². The summed E-state index contributed by atoms with van der Waals surface area (Å²) in [6.07, 6.45) is 0.825. The van der Waals surface area contributed by atoms with Gasteiger partial charge in [-0.2, -0.15) is 0 Å². The molecule has 0 bridgehead atoms. The molecule has 1 aromatic rings. The Bertz CT molecular complexity index is 365. The first kappa shape index (κ1) is 12.9. The third kappa shape index (κ3) is 3.18. The Morgan fingerprint density at radius 3 is 2.81 bits per heavy atom. The summed E-state index contributed by atoms with van der Waals surface area (Å²) in [6.45, 7) is 3.12. The van der Waals surface area contributed by atoms with Gasteiger partial charge in [0.1, 0.15) is 4.88 Å². The van der Waals surface area contributed by atoms with E-state index in [4.69, 9.17) is 10.5 Å². The molecule has 5 nitrogen and oxygen atoms in total. The van der Waals surface area contributed by atoms with Crippen molar-refractivity contribution in [3.63, 3.8) is 0 Å². The predicted octanol–water partition coefficient (Wildman–Crippen LogP) is 1.14. The molecule has 0 fully saturated rings. The largest absolute Gasteiger partial charge is 0.385 e. The summed E-state index contributed by atoms with van der Waals surface area (Å²) in [7, 11) is 3.42. The molecule has 1 heterocycles. The highest BCUT2D eigenvalue weighted by atomic mass is 32.1. The van der Waals surface area contributed by atoms with Crippen LogP contribution in [-0.4, -0.2) is 43.1 Å². The number of carbonyl (C=O) groups is 1.